The van der Waals surface area contributed by atoms with Crippen molar-refractivity contribution in [2.45, 2.75) is 57.9 Å². The summed E-state index contributed by atoms with van der Waals surface area (Å²) in [6.07, 6.45) is 4.63. The molecule has 4 unspecified atom stereocenters. The Bertz CT molecular complexity index is 216. The fraction of sp³-hybridized carbons (Fsp3) is 1.00. The van der Waals surface area contributed by atoms with Gasteiger partial charge in [-0.3, -0.25) is 0 Å². The molecular weight excluding hydrogens is 218 g/mol. The molecule has 1 saturated carbocycles. The Labute approximate surface area is 105 Å². The van der Waals surface area contributed by atoms with Gasteiger partial charge in [0.05, 0.1) is 6.61 Å². The number of aliphatic hydroxyl groups is 1. The van der Waals surface area contributed by atoms with Crippen LogP contribution in [0.2, 0.25) is 0 Å². The Morgan fingerprint density at radius 3 is 2.44 bits per heavy atom. The summed E-state index contributed by atoms with van der Waals surface area (Å²) in [4.78, 5) is 0. The maximum Gasteiger partial charge on any atom is 0.0564 e. The normalized spacial score (nSPS) is 32.6. The van der Waals surface area contributed by atoms with E-state index in [1.807, 2.05) is 0 Å². The molecule has 1 aliphatic carbocycles. The summed E-state index contributed by atoms with van der Waals surface area (Å²) in [6.45, 7) is 9.50. The van der Waals surface area contributed by atoms with Gasteiger partial charge in [-0.15, -0.1) is 0 Å². The molecular formula is C13H27NOS. The molecule has 16 heavy (non-hydrogen) atoms. The smallest absolute Gasteiger partial charge is 0.0564 e. The van der Waals surface area contributed by atoms with Gasteiger partial charge in [0, 0.05) is 17.3 Å². The van der Waals surface area contributed by atoms with Crippen molar-refractivity contribution in [1.82, 2.24) is 5.32 Å². The topological polar surface area (TPSA) is 32.3 Å². The Balaban J connectivity index is 2.48. The van der Waals surface area contributed by atoms with E-state index in [0.717, 1.165) is 5.92 Å². The maximum absolute atomic E-state index is 9.28. The van der Waals surface area contributed by atoms with Gasteiger partial charge in [-0.2, -0.15) is 11.8 Å². The van der Waals surface area contributed by atoms with Gasteiger partial charge in [-0.05, 0) is 37.4 Å². The fourth-order valence-electron chi connectivity index (χ4n) is 3.00. The quantitative estimate of drug-likeness (QED) is 0.780. The first-order valence-corrected chi connectivity index (χ1v) is 7.58. The molecule has 0 aromatic carbocycles. The molecule has 0 aromatic heterocycles. The van der Waals surface area contributed by atoms with E-state index >= 15 is 0 Å². The van der Waals surface area contributed by atoms with Crippen molar-refractivity contribution in [2.75, 3.05) is 12.9 Å². The largest absolute Gasteiger partial charge is 0.395 e. The zero-order valence-corrected chi connectivity index (χ0v) is 12.1. The molecule has 4 atom stereocenters. The van der Waals surface area contributed by atoms with Crippen LogP contribution in [0.15, 0.2) is 0 Å². The van der Waals surface area contributed by atoms with E-state index in [2.05, 4.69) is 39.3 Å². The van der Waals surface area contributed by atoms with Crippen molar-refractivity contribution < 1.29 is 5.11 Å². The molecule has 96 valence electrons. The third-order valence-electron chi connectivity index (χ3n) is 3.85. The molecule has 0 amide bonds. The SMILES string of the molecule is CSC(CO)C(C)NC1CC(C)(C)CC1C. The predicted octanol–water partition coefficient (Wildman–Crippen LogP) is 2.51. The van der Waals surface area contributed by atoms with Gasteiger partial charge in [0.25, 0.3) is 0 Å². The van der Waals surface area contributed by atoms with Crippen LogP contribution < -0.4 is 5.32 Å². The predicted molar refractivity (Wildman–Crippen MR) is 73.0 cm³/mol. The highest BCUT2D eigenvalue weighted by molar-refractivity contribution is 7.99. The minimum Gasteiger partial charge on any atom is -0.395 e. The molecule has 2 nitrogen and oxygen atoms in total. The van der Waals surface area contributed by atoms with E-state index in [4.69, 9.17) is 0 Å². The molecule has 2 N–H and O–H groups in total. The monoisotopic (exact) mass is 245 g/mol. The first-order valence-electron chi connectivity index (χ1n) is 6.29. The number of thioether (sulfide) groups is 1. The van der Waals surface area contributed by atoms with Crippen LogP contribution in [-0.2, 0) is 0 Å². The average molecular weight is 245 g/mol. The summed E-state index contributed by atoms with van der Waals surface area (Å²) < 4.78 is 0. The molecule has 0 radical (unpaired) electrons. The third kappa shape index (κ3) is 3.64. The zero-order valence-electron chi connectivity index (χ0n) is 11.3. The molecule has 3 heteroatoms. The summed E-state index contributed by atoms with van der Waals surface area (Å²) in [7, 11) is 0. The van der Waals surface area contributed by atoms with Crippen molar-refractivity contribution >= 4 is 11.8 Å². The Kier molecular flexibility index (Phi) is 5.14. The lowest BCUT2D eigenvalue weighted by molar-refractivity contribution is 0.263. The van der Waals surface area contributed by atoms with Crippen LogP contribution in [0.25, 0.3) is 0 Å². The maximum atomic E-state index is 9.28. The third-order valence-corrected chi connectivity index (χ3v) is 5.01. The number of aliphatic hydroxyl groups excluding tert-OH is 1. The molecule has 1 rings (SSSR count). The molecule has 1 fully saturated rings. The van der Waals surface area contributed by atoms with E-state index in [1.54, 1.807) is 11.8 Å². The molecule has 0 heterocycles. The minimum atomic E-state index is 0.264. The van der Waals surface area contributed by atoms with Crippen LogP contribution in [0.5, 0.6) is 0 Å². The number of rotatable bonds is 5. The Hall–Kier alpha value is 0.270. The second kappa shape index (κ2) is 5.74. The Morgan fingerprint density at radius 2 is 2.06 bits per heavy atom. The van der Waals surface area contributed by atoms with Gasteiger partial charge >= 0.3 is 0 Å². The Morgan fingerprint density at radius 1 is 1.44 bits per heavy atom. The van der Waals surface area contributed by atoms with Crippen LogP contribution in [0, 0.1) is 11.3 Å². The first kappa shape index (κ1) is 14.3. The zero-order chi connectivity index (χ0) is 12.3. The van der Waals surface area contributed by atoms with Gasteiger partial charge in [0.15, 0.2) is 0 Å². The van der Waals surface area contributed by atoms with E-state index in [-0.39, 0.29) is 6.61 Å². The second-order valence-corrected chi connectivity index (χ2v) is 7.15. The number of nitrogens with one attached hydrogen (secondary N) is 1. The van der Waals surface area contributed by atoms with E-state index in [1.165, 1.54) is 12.8 Å². The summed E-state index contributed by atoms with van der Waals surface area (Å²) in [6, 6.07) is 1.01. The van der Waals surface area contributed by atoms with Gasteiger partial charge in [0.2, 0.25) is 0 Å². The van der Waals surface area contributed by atoms with Gasteiger partial charge in [-0.1, -0.05) is 20.8 Å². The standard InChI is InChI=1S/C13H27NOS/c1-9-6-13(3,4)7-11(9)14-10(2)12(8-15)16-5/h9-12,14-15H,6-8H2,1-5H3. The van der Waals surface area contributed by atoms with Gasteiger partial charge in [-0.25, -0.2) is 0 Å². The summed E-state index contributed by atoms with van der Waals surface area (Å²) >= 11 is 1.75. The number of hydrogen-bond acceptors (Lipinski definition) is 3. The highest BCUT2D eigenvalue weighted by atomic mass is 32.2. The highest BCUT2D eigenvalue weighted by Crippen LogP contribution is 2.41. The van der Waals surface area contributed by atoms with Crippen molar-refractivity contribution in [1.29, 1.82) is 0 Å². The first-order chi connectivity index (χ1) is 7.39. The number of hydrogen-bond donors (Lipinski definition) is 2. The second-order valence-electron chi connectivity index (χ2n) is 6.07. The van der Waals surface area contributed by atoms with E-state index in [0.29, 0.717) is 22.7 Å². The van der Waals surface area contributed by atoms with E-state index in [9.17, 15) is 5.11 Å². The molecule has 0 aliphatic heterocycles. The van der Waals surface area contributed by atoms with Crippen LogP contribution in [0.3, 0.4) is 0 Å². The lowest BCUT2D eigenvalue weighted by atomic mass is 9.91. The van der Waals surface area contributed by atoms with Crippen LogP contribution in [-0.4, -0.2) is 35.3 Å². The van der Waals surface area contributed by atoms with Crippen LogP contribution >= 0.6 is 11.8 Å². The summed E-state index contributed by atoms with van der Waals surface area (Å²) in [5, 5.41) is 13.3. The lowest BCUT2D eigenvalue weighted by Crippen LogP contribution is -2.44. The van der Waals surface area contributed by atoms with Crippen molar-refractivity contribution in [2.24, 2.45) is 11.3 Å². The molecule has 0 spiro atoms. The molecule has 1 aliphatic rings. The average Bonchev–Trinajstić information content (AvgIpc) is 2.41. The minimum absolute atomic E-state index is 0.264. The summed E-state index contributed by atoms with van der Waals surface area (Å²) in [5.74, 6) is 0.749. The molecule has 0 bridgehead atoms. The van der Waals surface area contributed by atoms with E-state index < -0.39 is 0 Å². The van der Waals surface area contributed by atoms with Crippen LogP contribution in [0.4, 0.5) is 0 Å². The van der Waals surface area contributed by atoms with Gasteiger partial charge < -0.3 is 10.4 Å². The highest BCUT2D eigenvalue weighted by Gasteiger charge is 2.37. The van der Waals surface area contributed by atoms with Crippen molar-refractivity contribution in [3.63, 3.8) is 0 Å². The summed E-state index contributed by atoms with van der Waals surface area (Å²) in [5.41, 5.74) is 0.477. The van der Waals surface area contributed by atoms with Crippen molar-refractivity contribution in [3.8, 4) is 0 Å². The lowest BCUT2D eigenvalue weighted by Gasteiger charge is -2.27. The fourth-order valence-corrected chi connectivity index (χ4v) is 3.63. The van der Waals surface area contributed by atoms with Crippen molar-refractivity contribution in [3.05, 3.63) is 0 Å². The molecule has 0 saturated heterocycles. The van der Waals surface area contributed by atoms with Crippen LogP contribution in [0.1, 0.15) is 40.5 Å². The molecule has 0 aromatic rings. The van der Waals surface area contributed by atoms with Gasteiger partial charge in [0.1, 0.15) is 0 Å².